The molecule has 0 saturated heterocycles. The third-order valence-corrected chi connectivity index (χ3v) is 4.37. The molecule has 0 aromatic carbocycles. The van der Waals surface area contributed by atoms with Gasteiger partial charge in [0, 0.05) is 0 Å². The van der Waals surface area contributed by atoms with Crippen LogP contribution in [0.1, 0.15) is 55.4 Å². The molecule has 0 aromatic heterocycles. The third kappa shape index (κ3) is 13.5. The van der Waals surface area contributed by atoms with Gasteiger partial charge < -0.3 is 44.0 Å². The fraction of sp³-hybridized carbons (Fsp3) is 0.882. The van der Waals surface area contributed by atoms with Crippen LogP contribution in [-0.2, 0) is 26.5 Å². The first kappa shape index (κ1) is 33.2. The quantitative estimate of drug-likeness (QED) is 0.310. The SMILES string of the molecule is CC(C)(C1=N[C@@H](C(C)(C)C)CO1)C1=N[C@@H](C(C)(C)C)CO1.F[B-](F)(F)F.F[B-](F)(F)F.[Cu+2]. The average molecular weight is 532 g/mol. The second kappa shape index (κ2) is 11.4. The summed E-state index contributed by atoms with van der Waals surface area (Å²) in [6.45, 7) is 18.6. The number of ether oxygens (including phenoxy) is 2. The topological polar surface area (TPSA) is 43.2 Å². The van der Waals surface area contributed by atoms with Gasteiger partial charge in [0.2, 0.25) is 0 Å². The maximum Gasteiger partial charge on any atom is 2.00 e. The van der Waals surface area contributed by atoms with Gasteiger partial charge in [-0.15, -0.1) is 0 Å². The Morgan fingerprint density at radius 3 is 1.00 bits per heavy atom. The largest absolute Gasteiger partial charge is 2.00 e. The van der Waals surface area contributed by atoms with E-state index in [1.54, 1.807) is 0 Å². The first-order valence-electron chi connectivity index (χ1n) is 9.59. The second-order valence-corrected chi connectivity index (χ2v) is 9.87. The summed E-state index contributed by atoms with van der Waals surface area (Å²) in [4.78, 5) is 9.59. The normalized spacial score (nSPS) is 21.5. The molecule has 2 rings (SSSR count). The number of hydrogen-bond donors (Lipinski definition) is 0. The van der Waals surface area contributed by atoms with Crippen molar-refractivity contribution < 1.29 is 61.1 Å². The van der Waals surface area contributed by atoms with Crippen molar-refractivity contribution in [3.63, 3.8) is 0 Å². The summed E-state index contributed by atoms with van der Waals surface area (Å²) in [6.07, 6.45) is 0. The Morgan fingerprint density at radius 2 is 0.844 bits per heavy atom. The van der Waals surface area contributed by atoms with Gasteiger partial charge in [-0.1, -0.05) is 41.5 Å². The Kier molecular flexibility index (Phi) is 11.9. The molecule has 0 spiro atoms. The van der Waals surface area contributed by atoms with Gasteiger partial charge in [-0.05, 0) is 24.7 Å². The molecule has 15 heteroatoms. The van der Waals surface area contributed by atoms with E-state index in [1.165, 1.54) is 0 Å². The zero-order valence-corrected chi connectivity index (χ0v) is 20.2. The Morgan fingerprint density at radius 1 is 0.625 bits per heavy atom. The van der Waals surface area contributed by atoms with Crippen LogP contribution in [0.15, 0.2) is 9.98 Å². The van der Waals surface area contributed by atoms with E-state index in [9.17, 15) is 34.5 Å². The minimum atomic E-state index is -6.00. The van der Waals surface area contributed by atoms with Crippen LogP contribution in [0.4, 0.5) is 34.5 Å². The molecule has 2 aliphatic rings. The van der Waals surface area contributed by atoms with Crippen LogP contribution >= 0.6 is 0 Å². The first-order chi connectivity index (χ1) is 13.4. The van der Waals surface area contributed by atoms with Gasteiger partial charge in [-0.25, -0.2) is 9.98 Å². The minimum absolute atomic E-state index is 0. The van der Waals surface area contributed by atoms with E-state index in [0.717, 1.165) is 11.8 Å². The van der Waals surface area contributed by atoms with Gasteiger partial charge in [-0.2, -0.15) is 0 Å². The Labute approximate surface area is 194 Å². The Bertz CT molecular complexity index is 591. The summed E-state index contributed by atoms with van der Waals surface area (Å²) in [6, 6.07) is 0.402. The van der Waals surface area contributed by atoms with Crippen LogP contribution in [0.5, 0.6) is 0 Å². The summed E-state index contributed by atoms with van der Waals surface area (Å²) < 4.78 is 89.8. The summed E-state index contributed by atoms with van der Waals surface area (Å²) in [5, 5.41) is 0. The molecule has 0 aromatic rings. The molecule has 0 bridgehead atoms. The van der Waals surface area contributed by atoms with E-state index in [0.29, 0.717) is 13.2 Å². The van der Waals surface area contributed by atoms with Crippen LogP contribution in [-0.4, -0.2) is 51.6 Å². The van der Waals surface area contributed by atoms with E-state index in [-0.39, 0.29) is 45.4 Å². The molecule has 193 valence electrons. The van der Waals surface area contributed by atoms with Crippen molar-refractivity contribution in [1.29, 1.82) is 0 Å². The van der Waals surface area contributed by atoms with Crippen molar-refractivity contribution in [2.75, 3.05) is 13.2 Å². The molecular weight excluding hydrogens is 501 g/mol. The zero-order chi connectivity index (χ0) is 25.1. The van der Waals surface area contributed by atoms with Gasteiger partial charge >= 0.3 is 31.6 Å². The predicted molar refractivity (Wildman–Crippen MR) is 107 cm³/mol. The van der Waals surface area contributed by atoms with Gasteiger partial charge in [0.15, 0.2) is 11.8 Å². The molecule has 0 unspecified atom stereocenters. The van der Waals surface area contributed by atoms with Crippen LogP contribution in [0.3, 0.4) is 0 Å². The van der Waals surface area contributed by atoms with E-state index in [2.05, 4.69) is 55.4 Å². The molecule has 4 nitrogen and oxygen atoms in total. The standard InChI is InChI=1S/C17H30N2O2.2BF4.Cu/c1-15(2,3)11-9-20-13(18-11)17(7,8)14-19-12(10-21-14)16(4,5)6;2*2-1(3,4)5;/h11-12H,9-10H2,1-8H3;;;/q;2*-1;+2/t11-,12-;;;/m1.../s1. The molecular formula is C17H30B2CuF8N2O2. The summed E-state index contributed by atoms with van der Waals surface area (Å²) in [7, 11) is -12.0. The molecule has 2 heterocycles. The summed E-state index contributed by atoms with van der Waals surface area (Å²) in [5.41, 5.74) is -0.158. The average Bonchev–Trinajstić information content (AvgIpc) is 3.13. The molecule has 0 amide bonds. The third-order valence-electron chi connectivity index (χ3n) is 4.37. The molecule has 0 aliphatic carbocycles. The number of halogens is 8. The van der Waals surface area contributed by atoms with Gasteiger partial charge in [-0.3, -0.25) is 0 Å². The van der Waals surface area contributed by atoms with Gasteiger partial charge in [0.1, 0.15) is 18.6 Å². The monoisotopic (exact) mass is 531 g/mol. The number of hydrogen-bond acceptors (Lipinski definition) is 4. The fourth-order valence-electron chi connectivity index (χ4n) is 2.41. The number of nitrogens with zero attached hydrogens (tertiary/aromatic N) is 2. The number of rotatable bonds is 2. The Hall–Kier alpha value is -0.971. The van der Waals surface area contributed by atoms with Crippen LogP contribution in [0.2, 0.25) is 0 Å². The van der Waals surface area contributed by atoms with Crippen LogP contribution in [0, 0.1) is 16.2 Å². The minimum Gasteiger partial charge on any atom is -0.478 e. The predicted octanol–water partition coefficient (Wildman–Crippen LogP) is 6.30. The zero-order valence-electron chi connectivity index (χ0n) is 19.3. The van der Waals surface area contributed by atoms with Gasteiger partial charge in [0.25, 0.3) is 0 Å². The van der Waals surface area contributed by atoms with Crippen LogP contribution in [0.25, 0.3) is 0 Å². The van der Waals surface area contributed by atoms with Crippen molar-refractivity contribution in [3.8, 4) is 0 Å². The van der Waals surface area contributed by atoms with Crippen molar-refractivity contribution >= 4 is 26.3 Å². The molecule has 1 radical (unpaired) electrons. The molecule has 32 heavy (non-hydrogen) atoms. The van der Waals surface area contributed by atoms with Crippen molar-refractivity contribution in [2.45, 2.75) is 67.5 Å². The summed E-state index contributed by atoms with van der Waals surface area (Å²) >= 11 is 0. The van der Waals surface area contributed by atoms with Crippen LogP contribution < -0.4 is 0 Å². The molecule has 0 fully saturated rings. The smallest absolute Gasteiger partial charge is 0.478 e. The first-order valence-corrected chi connectivity index (χ1v) is 9.59. The van der Waals surface area contributed by atoms with Crippen molar-refractivity contribution in [2.24, 2.45) is 26.2 Å². The summed E-state index contributed by atoms with van der Waals surface area (Å²) in [5.74, 6) is 1.52. The van der Waals surface area contributed by atoms with E-state index >= 15 is 0 Å². The maximum absolute atomic E-state index is 9.75. The van der Waals surface area contributed by atoms with Gasteiger partial charge in [0.05, 0.1) is 12.1 Å². The molecule has 2 aliphatic heterocycles. The van der Waals surface area contributed by atoms with E-state index < -0.39 is 14.5 Å². The van der Waals surface area contributed by atoms with E-state index in [1.807, 2.05) is 0 Å². The molecule has 2 atom stereocenters. The second-order valence-electron chi connectivity index (χ2n) is 9.87. The molecule has 0 saturated carbocycles. The number of aliphatic imine (C=N–C) groups is 2. The van der Waals surface area contributed by atoms with Crippen molar-refractivity contribution in [3.05, 3.63) is 0 Å². The fourth-order valence-corrected chi connectivity index (χ4v) is 2.41. The molecule has 0 N–H and O–H groups in total. The van der Waals surface area contributed by atoms with Crippen molar-refractivity contribution in [1.82, 2.24) is 0 Å². The Balaban J connectivity index is 0. The maximum atomic E-state index is 9.75. The van der Waals surface area contributed by atoms with E-state index in [4.69, 9.17) is 19.5 Å².